The highest BCUT2D eigenvalue weighted by molar-refractivity contribution is 5.94. The highest BCUT2D eigenvalue weighted by atomic mass is 19.1. The van der Waals surface area contributed by atoms with Crippen LogP contribution in [0.1, 0.15) is 10.4 Å². The molecule has 1 aromatic rings. The molecule has 1 saturated heterocycles. The molecule has 0 spiro atoms. The van der Waals surface area contributed by atoms with Crippen LogP contribution >= 0.6 is 0 Å². The summed E-state index contributed by atoms with van der Waals surface area (Å²) in [6, 6.07) is 2.60. The maximum absolute atomic E-state index is 12.7. The number of carbonyl (C=O) groups excluding carboxylic acids is 1. The van der Waals surface area contributed by atoms with Crippen LogP contribution in [0.3, 0.4) is 0 Å². The van der Waals surface area contributed by atoms with Crippen molar-refractivity contribution in [1.82, 2.24) is 9.88 Å². The molecule has 1 aromatic heterocycles. The largest absolute Gasteiger partial charge is 0.396 e. The summed E-state index contributed by atoms with van der Waals surface area (Å²) in [5.41, 5.74) is 0.305. The first-order chi connectivity index (χ1) is 7.20. The third-order valence-electron chi connectivity index (χ3n) is 2.48. The average molecular weight is 210 g/mol. The zero-order chi connectivity index (χ0) is 10.8. The van der Waals surface area contributed by atoms with Gasteiger partial charge in [0.05, 0.1) is 0 Å². The van der Waals surface area contributed by atoms with Crippen molar-refractivity contribution < 1.29 is 14.3 Å². The van der Waals surface area contributed by atoms with Gasteiger partial charge in [0.2, 0.25) is 5.95 Å². The summed E-state index contributed by atoms with van der Waals surface area (Å²) in [6.45, 7) is 1.17. The second-order valence-electron chi connectivity index (χ2n) is 3.63. The lowest BCUT2D eigenvalue weighted by Crippen LogP contribution is -2.51. The summed E-state index contributed by atoms with van der Waals surface area (Å²) < 4.78 is 12.7. The number of hydrogen-bond acceptors (Lipinski definition) is 3. The minimum absolute atomic E-state index is 0.0918. The van der Waals surface area contributed by atoms with E-state index in [1.807, 2.05) is 0 Å². The number of aromatic nitrogens is 1. The van der Waals surface area contributed by atoms with Crippen molar-refractivity contribution in [3.8, 4) is 0 Å². The van der Waals surface area contributed by atoms with Crippen molar-refractivity contribution >= 4 is 5.91 Å². The summed E-state index contributed by atoms with van der Waals surface area (Å²) in [4.78, 5) is 16.6. The molecule has 0 bridgehead atoms. The molecule has 0 unspecified atom stereocenters. The topological polar surface area (TPSA) is 53.4 Å². The van der Waals surface area contributed by atoms with Crippen LogP contribution in [-0.2, 0) is 0 Å². The van der Waals surface area contributed by atoms with E-state index >= 15 is 0 Å². The Morgan fingerprint density at radius 2 is 2.40 bits per heavy atom. The maximum atomic E-state index is 12.7. The van der Waals surface area contributed by atoms with Gasteiger partial charge >= 0.3 is 0 Å². The lowest BCUT2D eigenvalue weighted by Gasteiger charge is -2.38. The van der Waals surface area contributed by atoms with Gasteiger partial charge in [-0.1, -0.05) is 0 Å². The van der Waals surface area contributed by atoms with Gasteiger partial charge in [0.1, 0.15) is 0 Å². The quantitative estimate of drug-likeness (QED) is 0.713. The van der Waals surface area contributed by atoms with Gasteiger partial charge in [-0.05, 0) is 6.07 Å². The molecule has 2 heterocycles. The van der Waals surface area contributed by atoms with E-state index in [1.165, 1.54) is 12.3 Å². The molecule has 15 heavy (non-hydrogen) atoms. The number of rotatable bonds is 2. The van der Waals surface area contributed by atoms with Crippen LogP contribution in [0.5, 0.6) is 0 Å². The third kappa shape index (κ3) is 1.97. The fourth-order valence-corrected chi connectivity index (χ4v) is 1.57. The summed E-state index contributed by atoms with van der Waals surface area (Å²) in [5, 5.41) is 8.79. The molecular weight excluding hydrogens is 199 g/mol. The Balaban J connectivity index is 2.03. The zero-order valence-electron chi connectivity index (χ0n) is 8.06. The second kappa shape index (κ2) is 3.94. The fourth-order valence-electron chi connectivity index (χ4n) is 1.57. The highest BCUT2D eigenvalue weighted by Crippen LogP contribution is 2.17. The van der Waals surface area contributed by atoms with Crippen LogP contribution in [0.2, 0.25) is 0 Å². The lowest BCUT2D eigenvalue weighted by molar-refractivity contribution is 0.0361. The predicted molar refractivity (Wildman–Crippen MR) is 50.7 cm³/mol. The summed E-state index contributed by atoms with van der Waals surface area (Å²) in [5.74, 6) is -0.693. The third-order valence-corrected chi connectivity index (χ3v) is 2.48. The van der Waals surface area contributed by atoms with E-state index in [-0.39, 0.29) is 18.4 Å². The van der Waals surface area contributed by atoms with Crippen molar-refractivity contribution in [2.75, 3.05) is 19.7 Å². The number of likely N-dealkylation sites (tertiary alicyclic amines) is 1. The molecule has 1 aliphatic rings. The predicted octanol–water partition coefficient (Wildman–Crippen LogP) is 0.285. The highest BCUT2D eigenvalue weighted by Gasteiger charge is 2.30. The first kappa shape index (κ1) is 10.0. The molecule has 4 nitrogen and oxygen atoms in total. The van der Waals surface area contributed by atoms with Gasteiger partial charge < -0.3 is 10.0 Å². The van der Waals surface area contributed by atoms with Crippen LogP contribution in [0.4, 0.5) is 4.39 Å². The smallest absolute Gasteiger partial charge is 0.254 e. The van der Waals surface area contributed by atoms with Crippen LogP contribution in [0.25, 0.3) is 0 Å². The summed E-state index contributed by atoms with van der Waals surface area (Å²) >= 11 is 0. The Hall–Kier alpha value is -1.49. The van der Waals surface area contributed by atoms with Gasteiger partial charge in [-0.2, -0.15) is 4.39 Å². The van der Waals surface area contributed by atoms with E-state index in [1.54, 1.807) is 4.90 Å². The Labute approximate surface area is 86.4 Å². The monoisotopic (exact) mass is 210 g/mol. The van der Waals surface area contributed by atoms with E-state index in [2.05, 4.69) is 4.98 Å². The Morgan fingerprint density at radius 3 is 3.00 bits per heavy atom. The maximum Gasteiger partial charge on any atom is 0.254 e. The molecule has 1 aliphatic heterocycles. The Bertz CT molecular complexity index is 377. The van der Waals surface area contributed by atoms with E-state index in [4.69, 9.17) is 5.11 Å². The zero-order valence-corrected chi connectivity index (χ0v) is 8.06. The van der Waals surface area contributed by atoms with E-state index < -0.39 is 5.95 Å². The number of halogens is 1. The minimum atomic E-state index is -0.653. The summed E-state index contributed by atoms with van der Waals surface area (Å²) in [7, 11) is 0. The van der Waals surface area contributed by atoms with Gasteiger partial charge in [0.25, 0.3) is 5.91 Å². The minimum Gasteiger partial charge on any atom is -0.396 e. The standard InChI is InChI=1S/C10H11FN2O2/c11-9-3-8(1-2-12-9)10(15)13-4-7(5-13)6-14/h1-3,7,14H,4-6H2. The lowest BCUT2D eigenvalue weighted by atomic mass is 10.0. The normalized spacial score (nSPS) is 16.3. The molecule has 1 amide bonds. The number of hydrogen-bond donors (Lipinski definition) is 1. The van der Waals surface area contributed by atoms with E-state index in [0.29, 0.717) is 18.7 Å². The van der Waals surface area contributed by atoms with Gasteiger partial charge in [0.15, 0.2) is 0 Å². The molecular formula is C10H11FN2O2. The Kier molecular flexibility index (Phi) is 2.64. The van der Waals surface area contributed by atoms with Gasteiger partial charge in [-0.25, -0.2) is 4.98 Å². The number of amides is 1. The number of nitrogens with zero attached hydrogens (tertiary/aromatic N) is 2. The average Bonchev–Trinajstić information content (AvgIpc) is 2.16. The molecule has 0 aliphatic carbocycles. The first-order valence-electron chi connectivity index (χ1n) is 4.72. The van der Waals surface area contributed by atoms with Gasteiger partial charge in [0, 0.05) is 43.4 Å². The van der Waals surface area contributed by atoms with E-state index in [9.17, 15) is 9.18 Å². The van der Waals surface area contributed by atoms with Gasteiger partial charge in [-0.3, -0.25) is 4.79 Å². The molecule has 5 heteroatoms. The fraction of sp³-hybridized carbons (Fsp3) is 0.400. The molecule has 0 aromatic carbocycles. The van der Waals surface area contributed by atoms with Crippen LogP contribution in [0, 0.1) is 11.9 Å². The number of pyridine rings is 1. The van der Waals surface area contributed by atoms with E-state index in [0.717, 1.165) is 6.07 Å². The SMILES string of the molecule is O=C(c1ccnc(F)c1)N1CC(CO)C1. The van der Waals surface area contributed by atoms with Crippen LogP contribution in [0.15, 0.2) is 18.3 Å². The molecule has 0 radical (unpaired) electrons. The van der Waals surface area contributed by atoms with Crippen molar-refractivity contribution in [1.29, 1.82) is 0 Å². The molecule has 2 rings (SSSR count). The molecule has 80 valence electrons. The van der Waals surface area contributed by atoms with Crippen molar-refractivity contribution in [2.24, 2.45) is 5.92 Å². The molecule has 1 fully saturated rings. The molecule has 0 atom stereocenters. The molecule has 1 N–H and O–H groups in total. The van der Waals surface area contributed by atoms with Crippen molar-refractivity contribution in [3.63, 3.8) is 0 Å². The van der Waals surface area contributed by atoms with Crippen molar-refractivity contribution in [2.45, 2.75) is 0 Å². The number of aliphatic hydroxyl groups excluding tert-OH is 1. The summed E-state index contributed by atoms with van der Waals surface area (Å²) in [6.07, 6.45) is 1.27. The van der Waals surface area contributed by atoms with Crippen molar-refractivity contribution in [3.05, 3.63) is 29.8 Å². The Morgan fingerprint density at radius 1 is 1.67 bits per heavy atom. The second-order valence-corrected chi connectivity index (χ2v) is 3.63. The number of carbonyl (C=O) groups is 1. The first-order valence-corrected chi connectivity index (χ1v) is 4.72. The van der Waals surface area contributed by atoms with Crippen LogP contribution < -0.4 is 0 Å². The molecule has 0 saturated carbocycles. The van der Waals surface area contributed by atoms with Crippen LogP contribution in [-0.4, -0.2) is 40.6 Å². The number of aliphatic hydroxyl groups is 1. The van der Waals surface area contributed by atoms with Gasteiger partial charge in [-0.15, -0.1) is 0 Å².